The van der Waals surface area contributed by atoms with Crippen molar-refractivity contribution in [3.8, 4) is 10.6 Å². The van der Waals surface area contributed by atoms with Gasteiger partial charge in [-0.3, -0.25) is 0 Å². The Bertz CT molecular complexity index is 569. The van der Waals surface area contributed by atoms with Gasteiger partial charge in [-0.2, -0.15) is 0 Å². The molecule has 0 aliphatic rings. The lowest BCUT2D eigenvalue weighted by Gasteiger charge is -2.02. The highest BCUT2D eigenvalue weighted by Gasteiger charge is 2.12. The number of rotatable bonds is 6. The average Bonchev–Trinajstić information content (AvgIpc) is 3.04. The molecule has 19 heavy (non-hydrogen) atoms. The number of aliphatic hydroxyl groups excluding tert-OH is 1. The molecule has 2 N–H and O–H groups in total. The summed E-state index contributed by atoms with van der Waals surface area (Å²) in [5.74, 6) is -0.217. The van der Waals surface area contributed by atoms with E-state index < -0.39 is 12.1 Å². The van der Waals surface area contributed by atoms with Crippen LogP contribution in [0.4, 0.5) is 0 Å². The molecule has 0 radical (unpaired) electrons. The molecule has 1 unspecified atom stereocenters. The van der Waals surface area contributed by atoms with Gasteiger partial charge in [-0.1, -0.05) is 11.8 Å². The molecule has 2 aromatic rings. The lowest BCUT2D eigenvalue weighted by molar-refractivity contribution is 0.0702. The zero-order valence-electron chi connectivity index (χ0n) is 9.58. The number of carbonyl (C=O) groups is 1. The van der Waals surface area contributed by atoms with E-state index in [0.717, 1.165) is 14.9 Å². The van der Waals surface area contributed by atoms with Crippen LogP contribution in [0.5, 0.6) is 0 Å². The number of hydrogen-bond acceptors (Lipinski definition) is 6. The minimum Gasteiger partial charge on any atom is -0.477 e. The van der Waals surface area contributed by atoms with Crippen molar-refractivity contribution in [1.29, 1.82) is 0 Å². The summed E-state index contributed by atoms with van der Waals surface area (Å²) in [6, 6.07) is 3.33. The Balaban J connectivity index is 2.05. The maximum Gasteiger partial charge on any atom is 0.345 e. The van der Waals surface area contributed by atoms with E-state index in [1.807, 2.05) is 5.38 Å². The lowest BCUT2D eigenvalue weighted by atomic mass is 10.4. The van der Waals surface area contributed by atoms with E-state index in [0.29, 0.717) is 10.6 Å². The van der Waals surface area contributed by atoms with Gasteiger partial charge in [-0.15, -0.1) is 34.3 Å². The van der Waals surface area contributed by atoms with Crippen LogP contribution in [0.2, 0.25) is 0 Å². The second-order valence-electron chi connectivity index (χ2n) is 3.59. The third kappa shape index (κ3) is 3.93. The van der Waals surface area contributed by atoms with E-state index in [2.05, 4.69) is 4.98 Å². The molecule has 0 aromatic carbocycles. The molecule has 0 spiro atoms. The number of aromatic nitrogens is 1. The maximum atomic E-state index is 10.8. The zero-order valence-corrected chi connectivity index (χ0v) is 12.8. The molecular formula is C11H10ClNO3S3. The molecule has 0 saturated heterocycles. The fourth-order valence-corrected chi connectivity index (χ4v) is 4.14. The third-order valence-corrected chi connectivity index (χ3v) is 5.75. The molecule has 2 aromatic heterocycles. The minimum atomic E-state index is -0.925. The van der Waals surface area contributed by atoms with Gasteiger partial charge >= 0.3 is 5.97 Å². The van der Waals surface area contributed by atoms with Crippen molar-refractivity contribution in [2.45, 2.75) is 10.4 Å². The standard InChI is InChI=1S/C11H10ClNO3S3/c12-3-6(14)4-17-11-13-7(5-18-11)8-1-2-9(19-8)10(15)16/h1-2,5-6,14H,3-4H2,(H,15,16). The van der Waals surface area contributed by atoms with Crippen molar-refractivity contribution in [3.63, 3.8) is 0 Å². The monoisotopic (exact) mass is 335 g/mol. The highest BCUT2D eigenvalue weighted by molar-refractivity contribution is 8.01. The number of thiophene rings is 1. The topological polar surface area (TPSA) is 70.4 Å². The lowest BCUT2D eigenvalue weighted by Crippen LogP contribution is -2.10. The number of halogens is 1. The number of thioether (sulfide) groups is 1. The molecule has 0 aliphatic carbocycles. The molecule has 102 valence electrons. The number of thiazole rings is 1. The van der Waals surface area contributed by atoms with Gasteiger partial charge in [-0.05, 0) is 12.1 Å². The van der Waals surface area contributed by atoms with Crippen molar-refractivity contribution >= 4 is 52.0 Å². The Morgan fingerprint density at radius 3 is 2.95 bits per heavy atom. The number of carboxylic acid groups (broad SMARTS) is 1. The largest absolute Gasteiger partial charge is 0.477 e. The molecule has 4 nitrogen and oxygen atoms in total. The van der Waals surface area contributed by atoms with Crippen molar-refractivity contribution in [1.82, 2.24) is 4.98 Å². The van der Waals surface area contributed by atoms with E-state index >= 15 is 0 Å². The van der Waals surface area contributed by atoms with Gasteiger partial charge in [0.1, 0.15) is 4.88 Å². The van der Waals surface area contributed by atoms with Crippen molar-refractivity contribution in [2.24, 2.45) is 0 Å². The zero-order chi connectivity index (χ0) is 13.8. The van der Waals surface area contributed by atoms with Gasteiger partial charge in [0, 0.05) is 17.0 Å². The third-order valence-electron chi connectivity index (χ3n) is 2.13. The highest BCUT2D eigenvalue weighted by atomic mass is 35.5. The van der Waals surface area contributed by atoms with Crippen LogP contribution < -0.4 is 0 Å². The molecule has 0 fully saturated rings. The van der Waals surface area contributed by atoms with Gasteiger partial charge in [0.15, 0.2) is 4.34 Å². The number of aromatic carboxylic acids is 1. The second kappa shape index (κ2) is 6.71. The number of nitrogens with zero attached hydrogens (tertiary/aromatic N) is 1. The summed E-state index contributed by atoms with van der Waals surface area (Å²) in [6.45, 7) is 0. The molecular weight excluding hydrogens is 326 g/mol. The number of carboxylic acids is 1. The van der Waals surface area contributed by atoms with E-state index in [-0.39, 0.29) is 5.88 Å². The predicted octanol–water partition coefficient (Wildman–Crippen LogP) is 3.26. The van der Waals surface area contributed by atoms with Crippen molar-refractivity contribution < 1.29 is 15.0 Å². The normalized spacial score (nSPS) is 12.5. The SMILES string of the molecule is O=C(O)c1ccc(-c2csc(SCC(O)CCl)n2)s1. The first-order valence-electron chi connectivity index (χ1n) is 5.26. The Morgan fingerprint density at radius 1 is 1.53 bits per heavy atom. The smallest absolute Gasteiger partial charge is 0.345 e. The van der Waals surface area contributed by atoms with Crippen LogP contribution in [-0.4, -0.2) is 38.9 Å². The highest BCUT2D eigenvalue weighted by Crippen LogP contribution is 2.32. The first kappa shape index (κ1) is 14.8. The van der Waals surface area contributed by atoms with Crippen LogP contribution in [-0.2, 0) is 0 Å². The molecule has 0 aliphatic heterocycles. The van der Waals surface area contributed by atoms with Crippen molar-refractivity contribution in [2.75, 3.05) is 11.6 Å². The van der Waals surface area contributed by atoms with Crippen LogP contribution in [0.15, 0.2) is 21.9 Å². The number of aliphatic hydroxyl groups is 1. The Hall–Kier alpha value is -0.600. The molecule has 2 rings (SSSR count). The molecule has 0 saturated carbocycles. The quantitative estimate of drug-likeness (QED) is 0.626. The summed E-state index contributed by atoms with van der Waals surface area (Å²) in [7, 11) is 0. The molecule has 0 bridgehead atoms. The van der Waals surface area contributed by atoms with Crippen LogP contribution in [0.25, 0.3) is 10.6 Å². The molecule has 0 amide bonds. The Morgan fingerprint density at radius 2 is 2.32 bits per heavy atom. The summed E-state index contributed by atoms with van der Waals surface area (Å²) in [6.07, 6.45) is -0.542. The molecule has 1 atom stereocenters. The van der Waals surface area contributed by atoms with Gasteiger partial charge < -0.3 is 10.2 Å². The van der Waals surface area contributed by atoms with E-state index in [1.54, 1.807) is 12.1 Å². The predicted molar refractivity (Wildman–Crippen MR) is 79.8 cm³/mol. The van der Waals surface area contributed by atoms with E-state index in [1.165, 1.54) is 34.4 Å². The van der Waals surface area contributed by atoms with Crippen LogP contribution in [0.3, 0.4) is 0 Å². The fraction of sp³-hybridized carbons (Fsp3) is 0.273. The maximum absolute atomic E-state index is 10.8. The summed E-state index contributed by atoms with van der Waals surface area (Å²) < 4.78 is 0.837. The van der Waals surface area contributed by atoms with E-state index in [9.17, 15) is 9.90 Å². The van der Waals surface area contributed by atoms with Gasteiger partial charge in [0.2, 0.25) is 0 Å². The summed E-state index contributed by atoms with van der Waals surface area (Å²) in [5, 5.41) is 20.1. The average molecular weight is 336 g/mol. The summed E-state index contributed by atoms with van der Waals surface area (Å²) >= 11 is 9.63. The molecule has 8 heteroatoms. The van der Waals surface area contributed by atoms with Crippen LogP contribution in [0.1, 0.15) is 9.67 Å². The first-order valence-corrected chi connectivity index (χ1v) is 8.47. The Kier molecular flexibility index (Phi) is 5.23. The van der Waals surface area contributed by atoms with Gasteiger partial charge in [0.05, 0.1) is 16.7 Å². The van der Waals surface area contributed by atoms with Crippen molar-refractivity contribution in [3.05, 3.63) is 22.4 Å². The van der Waals surface area contributed by atoms with Gasteiger partial charge in [-0.25, -0.2) is 9.78 Å². The second-order valence-corrected chi connectivity index (χ2v) is 7.10. The minimum absolute atomic E-state index is 0.206. The Labute approximate surface area is 127 Å². The van der Waals surface area contributed by atoms with Crippen LogP contribution >= 0.6 is 46.0 Å². The molecule has 2 heterocycles. The van der Waals surface area contributed by atoms with E-state index in [4.69, 9.17) is 16.7 Å². The number of alkyl halides is 1. The summed E-state index contributed by atoms with van der Waals surface area (Å²) in [5.41, 5.74) is 0.769. The summed E-state index contributed by atoms with van der Waals surface area (Å²) in [4.78, 5) is 16.3. The van der Waals surface area contributed by atoms with Crippen LogP contribution in [0, 0.1) is 0 Å². The van der Waals surface area contributed by atoms with Gasteiger partial charge in [0.25, 0.3) is 0 Å². The number of hydrogen-bond donors (Lipinski definition) is 2. The first-order chi connectivity index (χ1) is 9.10. The fourth-order valence-electron chi connectivity index (χ4n) is 1.24.